The lowest BCUT2D eigenvalue weighted by molar-refractivity contribution is 0.102. The van der Waals surface area contributed by atoms with E-state index in [0.29, 0.717) is 15.9 Å². The molecular formula is C14H11BrFNO3. The number of ether oxygens (including phenoxy) is 1. The van der Waals surface area contributed by atoms with E-state index in [4.69, 9.17) is 4.74 Å². The Balaban J connectivity index is 2.30. The van der Waals surface area contributed by atoms with Crippen LogP contribution >= 0.6 is 15.9 Å². The van der Waals surface area contributed by atoms with Gasteiger partial charge in [-0.05, 0) is 24.3 Å². The Kier molecular flexibility index (Phi) is 4.24. The molecule has 0 atom stereocenters. The zero-order valence-electron chi connectivity index (χ0n) is 10.5. The van der Waals surface area contributed by atoms with Crippen molar-refractivity contribution in [2.75, 3.05) is 12.4 Å². The molecule has 20 heavy (non-hydrogen) atoms. The van der Waals surface area contributed by atoms with Crippen LogP contribution in [0, 0.1) is 5.82 Å². The Morgan fingerprint density at radius 1 is 1.35 bits per heavy atom. The highest BCUT2D eigenvalue weighted by molar-refractivity contribution is 9.10. The molecule has 0 heterocycles. The fourth-order valence-electron chi connectivity index (χ4n) is 1.68. The van der Waals surface area contributed by atoms with Crippen molar-refractivity contribution >= 4 is 27.5 Å². The van der Waals surface area contributed by atoms with Crippen LogP contribution in [0.3, 0.4) is 0 Å². The zero-order valence-corrected chi connectivity index (χ0v) is 12.1. The normalized spacial score (nSPS) is 10.2. The number of benzene rings is 2. The molecular weight excluding hydrogens is 329 g/mol. The number of carbonyl (C=O) groups excluding carboxylic acids is 1. The van der Waals surface area contributed by atoms with E-state index in [1.54, 1.807) is 18.2 Å². The van der Waals surface area contributed by atoms with Crippen LogP contribution in [0.5, 0.6) is 11.5 Å². The number of phenolic OH excluding ortho intramolecular Hbond substituents is 1. The summed E-state index contributed by atoms with van der Waals surface area (Å²) in [5.74, 6) is -1.40. The van der Waals surface area contributed by atoms with E-state index in [-0.39, 0.29) is 0 Å². The summed E-state index contributed by atoms with van der Waals surface area (Å²) in [5, 5.41) is 12.1. The van der Waals surface area contributed by atoms with Crippen molar-refractivity contribution in [3.63, 3.8) is 0 Å². The first kappa shape index (κ1) is 14.3. The van der Waals surface area contributed by atoms with Crippen molar-refractivity contribution in [1.82, 2.24) is 0 Å². The molecule has 0 saturated heterocycles. The van der Waals surface area contributed by atoms with Gasteiger partial charge in [-0.3, -0.25) is 4.79 Å². The summed E-state index contributed by atoms with van der Waals surface area (Å²) < 4.78 is 19.3. The lowest BCUT2D eigenvalue weighted by Crippen LogP contribution is -2.14. The Hall–Kier alpha value is -2.08. The van der Waals surface area contributed by atoms with Gasteiger partial charge in [-0.15, -0.1) is 0 Å². The van der Waals surface area contributed by atoms with E-state index in [1.807, 2.05) is 0 Å². The van der Waals surface area contributed by atoms with Gasteiger partial charge in [0.15, 0.2) is 0 Å². The molecule has 0 aliphatic rings. The number of nitrogens with one attached hydrogen (secondary N) is 1. The van der Waals surface area contributed by atoms with Crippen LogP contribution in [-0.2, 0) is 0 Å². The molecule has 2 aromatic rings. The minimum absolute atomic E-state index is 0.397. The number of aromatic hydroxyl groups is 1. The number of rotatable bonds is 3. The molecule has 2 aromatic carbocycles. The molecule has 0 unspecified atom stereocenters. The molecule has 4 nitrogen and oxygen atoms in total. The Morgan fingerprint density at radius 2 is 2.10 bits per heavy atom. The van der Waals surface area contributed by atoms with Crippen LogP contribution in [-0.4, -0.2) is 18.1 Å². The van der Waals surface area contributed by atoms with Crippen LogP contribution in [0.4, 0.5) is 10.1 Å². The van der Waals surface area contributed by atoms with Gasteiger partial charge in [0.1, 0.15) is 22.9 Å². The number of amides is 1. The summed E-state index contributed by atoms with van der Waals surface area (Å²) in [5.41, 5.74) is 0.0234. The zero-order chi connectivity index (χ0) is 14.7. The maximum absolute atomic E-state index is 13.6. The predicted octanol–water partition coefficient (Wildman–Crippen LogP) is 3.55. The van der Waals surface area contributed by atoms with Crippen molar-refractivity contribution in [1.29, 1.82) is 0 Å². The fraction of sp³-hybridized carbons (Fsp3) is 0.0714. The number of halogens is 2. The van der Waals surface area contributed by atoms with Crippen LogP contribution in [0.1, 0.15) is 10.4 Å². The Bertz CT molecular complexity index is 641. The van der Waals surface area contributed by atoms with Crippen LogP contribution in [0.25, 0.3) is 0 Å². The maximum Gasteiger partial charge on any atom is 0.262 e. The van der Waals surface area contributed by atoms with Gasteiger partial charge >= 0.3 is 0 Å². The van der Waals surface area contributed by atoms with Gasteiger partial charge in [-0.2, -0.15) is 0 Å². The summed E-state index contributed by atoms with van der Waals surface area (Å²) in [4.78, 5) is 12.0. The third-order valence-corrected chi connectivity index (χ3v) is 3.04. The number of methoxy groups -OCH3 is 1. The average Bonchev–Trinajstić information content (AvgIpc) is 2.37. The second-order valence-corrected chi connectivity index (χ2v) is 4.88. The molecule has 0 aromatic heterocycles. The highest BCUT2D eigenvalue weighted by atomic mass is 79.9. The lowest BCUT2D eigenvalue weighted by atomic mass is 10.1. The first-order chi connectivity index (χ1) is 9.51. The molecule has 0 radical (unpaired) electrons. The number of hydrogen-bond acceptors (Lipinski definition) is 3. The molecule has 0 spiro atoms. The highest BCUT2D eigenvalue weighted by Gasteiger charge is 2.17. The first-order valence-corrected chi connectivity index (χ1v) is 6.44. The van der Waals surface area contributed by atoms with Crippen molar-refractivity contribution in [3.05, 3.63) is 52.3 Å². The van der Waals surface area contributed by atoms with E-state index in [2.05, 4.69) is 21.2 Å². The molecule has 1 amide bonds. The van der Waals surface area contributed by atoms with Crippen molar-refractivity contribution in [2.24, 2.45) is 0 Å². The quantitative estimate of drug-likeness (QED) is 0.898. The molecule has 2 rings (SSSR count). The van der Waals surface area contributed by atoms with Gasteiger partial charge in [0, 0.05) is 16.2 Å². The van der Waals surface area contributed by atoms with Crippen LogP contribution in [0.2, 0.25) is 0 Å². The fourth-order valence-corrected chi connectivity index (χ4v) is 2.16. The van der Waals surface area contributed by atoms with E-state index in [1.165, 1.54) is 19.2 Å². The topological polar surface area (TPSA) is 58.6 Å². The Labute approximate surface area is 123 Å². The van der Waals surface area contributed by atoms with E-state index in [9.17, 15) is 14.3 Å². The van der Waals surface area contributed by atoms with Gasteiger partial charge < -0.3 is 15.2 Å². The number of carbonyl (C=O) groups is 1. The van der Waals surface area contributed by atoms with Crippen LogP contribution < -0.4 is 10.1 Å². The van der Waals surface area contributed by atoms with E-state index < -0.39 is 23.0 Å². The molecule has 0 aliphatic heterocycles. The standard InChI is InChI=1S/C14H11BrFNO3/c1-20-10-6-8(15)5-9(7-10)17-14(19)13-11(16)3-2-4-12(13)18/h2-7,18H,1H3,(H,17,19). The third-order valence-electron chi connectivity index (χ3n) is 2.58. The average molecular weight is 340 g/mol. The van der Waals surface area contributed by atoms with Crippen LogP contribution in [0.15, 0.2) is 40.9 Å². The third kappa shape index (κ3) is 3.08. The van der Waals surface area contributed by atoms with E-state index in [0.717, 1.165) is 6.07 Å². The minimum atomic E-state index is -0.788. The SMILES string of the molecule is COc1cc(Br)cc(NC(=O)c2c(O)cccc2F)c1. The maximum atomic E-state index is 13.6. The second-order valence-electron chi connectivity index (χ2n) is 3.97. The molecule has 0 saturated carbocycles. The largest absolute Gasteiger partial charge is 0.507 e. The monoisotopic (exact) mass is 339 g/mol. The predicted molar refractivity (Wildman–Crippen MR) is 76.7 cm³/mol. The van der Waals surface area contributed by atoms with Crippen molar-refractivity contribution in [2.45, 2.75) is 0 Å². The molecule has 104 valence electrons. The van der Waals surface area contributed by atoms with E-state index >= 15 is 0 Å². The number of phenols is 1. The first-order valence-electron chi connectivity index (χ1n) is 5.64. The summed E-state index contributed by atoms with van der Waals surface area (Å²) >= 11 is 3.27. The van der Waals surface area contributed by atoms with Gasteiger partial charge in [0.05, 0.1) is 7.11 Å². The van der Waals surface area contributed by atoms with Gasteiger partial charge in [-0.25, -0.2) is 4.39 Å². The smallest absolute Gasteiger partial charge is 0.262 e. The van der Waals surface area contributed by atoms with Crippen molar-refractivity contribution in [3.8, 4) is 11.5 Å². The summed E-state index contributed by atoms with van der Waals surface area (Å²) in [6.07, 6.45) is 0. The number of anilines is 1. The highest BCUT2D eigenvalue weighted by Crippen LogP contribution is 2.26. The number of hydrogen-bond donors (Lipinski definition) is 2. The molecule has 0 aliphatic carbocycles. The molecule has 0 fully saturated rings. The summed E-state index contributed by atoms with van der Waals surface area (Å²) in [7, 11) is 1.50. The molecule has 6 heteroatoms. The molecule has 2 N–H and O–H groups in total. The van der Waals surface area contributed by atoms with Gasteiger partial charge in [0.2, 0.25) is 0 Å². The lowest BCUT2D eigenvalue weighted by Gasteiger charge is -2.09. The van der Waals surface area contributed by atoms with Crippen molar-refractivity contribution < 1.29 is 19.0 Å². The van der Waals surface area contributed by atoms with Gasteiger partial charge in [-0.1, -0.05) is 22.0 Å². The molecule has 0 bridgehead atoms. The van der Waals surface area contributed by atoms with Gasteiger partial charge in [0.25, 0.3) is 5.91 Å². The minimum Gasteiger partial charge on any atom is -0.507 e. The second kappa shape index (κ2) is 5.92. The summed E-state index contributed by atoms with van der Waals surface area (Å²) in [6.45, 7) is 0. The Morgan fingerprint density at radius 3 is 2.75 bits per heavy atom. The summed E-state index contributed by atoms with van der Waals surface area (Å²) in [6, 6.07) is 8.62.